The first-order valence-corrected chi connectivity index (χ1v) is 26.0. The van der Waals surface area contributed by atoms with Gasteiger partial charge in [0.25, 0.3) is 0 Å². The molecular weight excluding hydrogens is 745 g/mol. The van der Waals surface area contributed by atoms with Gasteiger partial charge in [-0.2, -0.15) is 0 Å². The van der Waals surface area contributed by atoms with Crippen molar-refractivity contribution in [2.75, 3.05) is 13.2 Å². The van der Waals surface area contributed by atoms with Gasteiger partial charge in [0.2, 0.25) is 0 Å². The van der Waals surface area contributed by atoms with E-state index in [1.807, 2.05) is 0 Å². The van der Waals surface area contributed by atoms with Crippen LogP contribution in [0.4, 0.5) is 0 Å². The number of carbonyl (C=O) groups excluding carboxylic acids is 3. The standard InChI is InChI=1S/C54H98O6/c1-4-7-10-13-16-19-22-25-26-27-28-30-32-35-38-41-44-47-53(56)59-50-51(49-58-52(55)46-43-40-37-34-31-24-21-18-15-12-9-6-3)60-54(57)48-45-42-39-36-33-29-23-20-17-14-11-8-5-2/h25-26,28,30,35,38,51H,4-24,27,29,31-34,36-37,39-50H2,1-3H3/b26-25-,30-28-,38-35-/t51-/m0/s1. The molecule has 0 unspecified atom stereocenters. The lowest BCUT2D eigenvalue weighted by Gasteiger charge is -2.18. The van der Waals surface area contributed by atoms with Gasteiger partial charge in [0.1, 0.15) is 13.2 Å². The van der Waals surface area contributed by atoms with Gasteiger partial charge in [-0.25, -0.2) is 0 Å². The van der Waals surface area contributed by atoms with Crippen molar-refractivity contribution in [1.29, 1.82) is 0 Å². The van der Waals surface area contributed by atoms with Gasteiger partial charge in [0.05, 0.1) is 0 Å². The molecule has 0 aliphatic rings. The molecule has 0 aromatic rings. The van der Waals surface area contributed by atoms with E-state index >= 15 is 0 Å². The smallest absolute Gasteiger partial charge is 0.306 e. The summed E-state index contributed by atoms with van der Waals surface area (Å²) in [6.45, 7) is 6.60. The molecule has 0 amide bonds. The summed E-state index contributed by atoms with van der Waals surface area (Å²) >= 11 is 0. The van der Waals surface area contributed by atoms with E-state index in [1.165, 1.54) is 167 Å². The minimum Gasteiger partial charge on any atom is -0.462 e. The largest absolute Gasteiger partial charge is 0.462 e. The van der Waals surface area contributed by atoms with Gasteiger partial charge in [0, 0.05) is 19.3 Å². The molecule has 0 bridgehead atoms. The Bertz CT molecular complexity index is 1020. The van der Waals surface area contributed by atoms with E-state index in [4.69, 9.17) is 14.2 Å². The number of rotatable bonds is 47. The molecular formula is C54H98O6. The minimum atomic E-state index is -0.786. The van der Waals surface area contributed by atoms with Crippen molar-refractivity contribution >= 4 is 17.9 Å². The minimum absolute atomic E-state index is 0.0834. The number of carbonyl (C=O) groups is 3. The maximum atomic E-state index is 12.8. The van der Waals surface area contributed by atoms with Crippen LogP contribution < -0.4 is 0 Å². The molecule has 0 aliphatic carbocycles. The third-order valence-corrected chi connectivity index (χ3v) is 11.4. The van der Waals surface area contributed by atoms with E-state index in [2.05, 4.69) is 57.2 Å². The summed E-state index contributed by atoms with van der Waals surface area (Å²) in [5.41, 5.74) is 0. The lowest BCUT2D eigenvalue weighted by atomic mass is 10.0. The SMILES string of the molecule is CCCCCCCC/C=C\C/C=C\C/C=C\CCCC(=O)OC[C@H](COC(=O)CCCCCCCCCCCCCC)OC(=O)CCCCCCCCCCCCCCC. The number of hydrogen-bond donors (Lipinski definition) is 0. The molecule has 0 aromatic carbocycles. The van der Waals surface area contributed by atoms with Crippen LogP contribution in [0.3, 0.4) is 0 Å². The highest BCUT2D eigenvalue weighted by molar-refractivity contribution is 5.71. The van der Waals surface area contributed by atoms with Crippen LogP contribution in [0.5, 0.6) is 0 Å². The highest BCUT2D eigenvalue weighted by Crippen LogP contribution is 2.15. The Morgan fingerprint density at radius 3 is 1.00 bits per heavy atom. The molecule has 0 heterocycles. The van der Waals surface area contributed by atoms with Crippen molar-refractivity contribution in [2.45, 2.75) is 277 Å². The molecule has 0 saturated heterocycles. The Kier molecular flexibility index (Phi) is 47.3. The van der Waals surface area contributed by atoms with Crippen molar-refractivity contribution in [3.8, 4) is 0 Å². The first-order chi connectivity index (χ1) is 29.5. The van der Waals surface area contributed by atoms with Gasteiger partial charge < -0.3 is 14.2 Å². The summed E-state index contributed by atoms with van der Waals surface area (Å²) in [5, 5.41) is 0. The van der Waals surface area contributed by atoms with Crippen LogP contribution in [0.15, 0.2) is 36.5 Å². The summed E-state index contributed by atoms with van der Waals surface area (Å²) in [6.07, 6.45) is 57.0. The van der Waals surface area contributed by atoms with Gasteiger partial charge in [-0.15, -0.1) is 0 Å². The van der Waals surface area contributed by atoms with E-state index in [0.29, 0.717) is 25.7 Å². The van der Waals surface area contributed by atoms with Crippen LogP contribution in [-0.4, -0.2) is 37.2 Å². The average Bonchev–Trinajstić information content (AvgIpc) is 3.24. The lowest BCUT2D eigenvalue weighted by Crippen LogP contribution is -2.30. The Labute approximate surface area is 372 Å². The predicted molar refractivity (Wildman–Crippen MR) is 256 cm³/mol. The summed E-state index contributed by atoms with van der Waals surface area (Å²) in [7, 11) is 0. The molecule has 0 aromatic heterocycles. The highest BCUT2D eigenvalue weighted by atomic mass is 16.6. The van der Waals surface area contributed by atoms with E-state index in [9.17, 15) is 14.4 Å². The summed E-state index contributed by atoms with van der Waals surface area (Å²) in [4.78, 5) is 37.9. The second-order valence-electron chi connectivity index (χ2n) is 17.4. The monoisotopic (exact) mass is 843 g/mol. The van der Waals surface area contributed by atoms with Gasteiger partial charge in [0.15, 0.2) is 6.10 Å². The molecule has 0 aliphatic heterocycles. The van der Waals surface area contributed by atoms with Gasteiger partial charge in [-0.1, -0.05) is 237 Å². The van der Waals surface area contributed by atoms with Crippen LogP contribution in [-0.2, 0) is 28.6 Å². The van der Waals surface area contributed by atoms with E-state index < -0.39 is 6.10 Å². The van der Waals surface area contributed by atoms with Crippen molar-refractivity contribution in [2.24, 2.45) is 0 Å². The van der Waals surface area contributed by atoms with Gasteiger partial charge in [-0.05, 0) is 51.4 Å². The van der Waals surface area contributed by atoms with Crippen LogP contribution in [0.2, 0.25) is 0 Å². The fourth-order valence-electron chi connectivity index (χ4n) is 7.46. The zero-order valence-electron chi connectivity index (χ0n) is 40.0. The second kappa shape index (κ2) is 49.3. The third kappa shape index (κ3) is 46.7. The Morgan fingerprint density at radius 1 is 0.333 bits per heavy atom. The van der Waals surface area contributed by atoms with Crippen molar-refractivity contribution in [3.63, 3.8) is 0 Å². The Balaban J connectivity index is 4.41. The molecule has 1 atom stereocenters. The molecule has 0 fully saturated rings. The maximum absolute atomic E-state index is 12.8. The van der Waals surface area contributed by atoms with E-state index in [0.717, 1.165) is 57.8 Å². The molecule has 0 spiro atoms. The fraction of sp³-hybridized carbons (Fsp3) is 0.833. The van der Waals surface area contributed by atoms with Crippen LogP contribution >= 0.6 is 0 Å². The first kappa shape index (κ1) is 57.6. The molecule has 350 valence electrons. The Morgan fingerprint density at radius 2 is 0.617 bits per heavy atom. The molecule has 60 heavy (non-hydrogen) atoms. The zero-order valence-corrected chi connectivity index (χ0v) is 40.0. The molecule has 0 rings (SSSR count). The molecule has 6 heteroatoms. The van der Waals surface area contributed by atoms with E-state index in [-0.39, 0.29) is 31.1 Å². The highest BCUT2D eigenvalue weighted by Gasteiger charge is 2.19. The summed E-state index contributed by atoms with van der Waals surface area (Å²) in [5.74, 6) is -0.927. The molecule has 6 nitrogen and oxygen atoms in total. The van der Waals surface area contributed by atoms with Crippen LogP contribution in [0.25, 0.3) is 0 Å². The fourth-order valence-corrected chi connectivity index (χ4v) is 7.46. The van der Waals surface area contributed by atoms with Crippen LogP contribution in [0.1, 0.15) is 271 Å². The summed E-state index contributed by atoms with van der Waals surface area (Å²) in [6, 6.07) is 0. The maximum Gasteiger partial charge on any atom is 0.306 e. The number of ether oxygens (including phenoxy) is 3. The van der Waals surface area contributed by atoms with Crippen LogP contribution in [0, 0.1) is 0 Å². The Hall–Kier alpha value is -2.37. The normalized spacial score (nSPS) is 12.2. The van der Waals surface area contributed by atoms with E-state index in [1.54, 1.807) is 0 Å². The second-order valence-corrected chi connectivity index (χ2v) is 17.4. The number of allylic oxidation sites excluding steroid dienone is 6. The molecule has 0 radical (unpaired) electrons. The quantitative estimate of drug-likeness (QED) is 0.0263. The average molecular weight is 843 g/mol. The predicted octanol–water partition coefficient (Wildman–Crippen LogP) is 16.9. The number of hydrogen-bond acceptors (Lipinski definition) is 6. The van der Waals surface area contributed by atoms with Crippen molar-refractivity contribution < 1.29 is 28.6 Å². The van der Waals surface area contributed by atoms with Gasteiger partial charge in [-0.3, -0.25) is 14.4 Å². The topological polar surface area (TPSA) is 78.9 Å². The van der Waals surface area contributed by atoms with Crippen molar-refractivity contribution in [1.82, 2.24) is 0 Å². The molecule has 0 N–H and O–H groups in total. The lowest BCUT2D eigenvalue weighted by molar-refractivity contribution is -0.167. The third-order valence-electron chi connectivity index (χ3n) is 11.4. The first-order valence-electron chi connectivity index (χ1n) is 26.0. The van der Waals surface area contributed by atoms with Gasteiger partial charge >= 0.3 is 17.9 Å². The molecule has 0 saturated carbocycles. The number of unbranched alkanes of at least 4 members (excludes halogenated alkanes) is 30. The summed E-state index contributed by atoms with van der Waals surface area (Å²) < 4.78 is 16.7. The zero-order chi connectivity index (χ0) is 43.7. The van der Waals surface area contributed by atoms with Crippen molar-refractivity contribution in [3.05, 3.63) is 36.5 Å². The number of esters is 3.